The minimum atomic E-state index is -0.258. The van der Waals surface area contributed by atoms with Gasteiger partial charge in [-0.15, -0.1) is 0 Å². The maximum Gasteiger partial charge on any atom is 0.178 e. The number of para-hydroxylation sites is 1. The highest BCUT2D eigenvalue weighted by atomic mass is 35.5. The van der Waals surface area contributed by atoms with E-state index in [9.17, 15) is 4.39 Å². The van der Waals surface area contributed by atoms with Gasteiger partial charge in [0.2, 0.25) is 0 Å². The summed E-state index contributed by atoms with van der Waals surface area (Å²) in [5, 5.41) is 0.623. The van der Waals surface area contributed by atoms with Crippen molar-refractivity contribution in [3.8, 4) is 0 Å². The van der Waals surface area contributed by atoms with Crippen LogP contribution in [0.3, 0.4) is 0 Å². The van der Waals surface area contributed by atoms with Gasteiger partial charge in [-0.25, -0.2) is 4.39 Å². The average molecular weight is 307 g/mol. The molecule has 0 saturated carbocycles. The van der Waals surface area contributed by atoms with E-state index in [2.05, 4.69) is 4.98 Å². The Morgan fingerprint density at radius 1 is 1.25 bits per heavy atom. The molecule has 1 aromatic heterocycles. The molecule has 3 rings (SSSR count). The monoisotopic (exact) mass is 306 g/mol. The lowest BCUT2D eigenvalue weighted by atomic mass is 10.1. The minimum absolute atomic E-state index is 0.105. The number of aromatic nitrogens is 2. The zero-order valence-electron chi connectivity index (χ0n) is 10.7. The molecule has 1 N–H and O–H groups in total. The normalized spacial score (nSPS) is 12.8. The van der Waals surface area contributed by atoms with E-state index < -0.39 is 0 Å². The number of nitrogens with one attached hydrogen (secondary N) is 1. The maximum absolute atomic E-state index is 13.4. The Labute approximate surface area is 125 Å². The molecule has 0 amide bonds. The summed E-state index contributed by atoms with van der Waals surface area (Å²) in [7, 11) is 0. The van der Waals surface area contributed by atoms with E-state index in [1.165, 1.54) is 12.1 Å². The minimum Gasteiger partial charge on any atom is -0.331 e. The maximum atomic E-state index is 13.4. The van der Waals surface area contributed by atoms with Crippen LogP contribution in [0, 0.1) is 10.6 Å². The SMILES string of the molecule is CC(c1cccc(F)c1)n1c(=S)[nH]c2cccc(Cl)c21. The van der Waals surface area contributed by atoms with Crippen molar-refractivity contribution in [3.63, 3.8) is 0 Å². The van der Waals surface area contributed by atoms with Gasteiger partial charge in [0.1, 0.15) is 5.82 Å². The molecule has 0 aliphatic rings. The van der Waals surface area contributed by atoms with E-state index in [1.54, 1.807) is 6.07 Å². The predicted molar refractivity (Wildman–Crippen MR) is 82.3 cm³/mol. The molecule has 102 valence electrons. The van der Waals surface area contributed by atoms with Gasteiger partial charge < -0.3 is 9.55 Å². The van der Waals surface area contributed by atoms with Crippen molar-refractivity contribution in [1.82, 2.24) is 9.55 Å². The Morgan fingerprint density at radius 2 is 2.00 bits per heavy atom. The Hall–Kier alpha value is -1.65. The second-order valence-electron chi connectivity index (χ2n) is 4.67. The third-order valence-electron chi connectivity index (χ3n) is 3.41. The van der Waals surface area contributed by atoms with Gasteiger partial charge in [-0.05, 0) is 49.0 Å². The zero-order valence-corrected chi connectivity index (χ0v) is 12.3. The van der Waals surface area contributed by atoms with Crippen LogP contribution in [0.4, 0.5) is 4.39 Å². The summed E-state index contributed by atoms with van der Waals surface area (Å²) in [6.45, 7) is 1.97. The first-order chi connectivity index (χ1) is 9.58. The first-order valence-corrected chi connectivity index (χ1v) is 7.01. The van der Waals surface area contributed by atoms with E-state index >= 15 is 0 Å². The zero-order chi connectivity index (χ0) is 14.3. The smallest absolute Gasteiger partial charge is 0.178 e. The Morgan fingerprint density at radius 3 is 2.75 bits per heavy atom. The molecular weight excluding hydrogens is 295 g/mol. The van der Waals surface area contributed by atoms with Crippen molar-refractivity contribution in [2.24, 2.45) is 0 Å². The molecule has 0 bridgehead atoms. The van der Waals surface area contributed by atoms with Gasteiger partial charge in [0.15, 0.2) is 4.77 Å². The van der Waals surface area contributed by atoms with Crippen LogP contribution in [0.2, 0.25) is 5.02 Å². The molecule has 0 radical (unpaired) electrons. The highest BCUT2D eigenvalue weighted by Gasteiger charge is 2.15. The number of imidazole rings is 1. The molecule has 1 unspecified atom stereocenters. The molecule has 0 aliphatic carbocycles. The molecule has 0 spiro atoms. The summed E-state index contributed by atoms with van der Waals surface area (Å²) < 4.78 is 15.9. The van der Waals surface area contributed by atoms with Crippen LogP contribution in [0.15, 0.2) is 42.5 Å². The standard InChI is InChI=1S/C15H12ClFN2S/c1-9(10-4-2-5-11(17)8-10)19-14-12(16)6-3-7-13(14)18-15(19)20/h2-9H,1H3,(H,18,20). The predicted octanol–water partition coefficient (Wildman–Crippen LogP) is 5.10. The number of halogens is 2. The van der Waals surface area contributed by atoms with Gasteiger partial charge in [0.05, 0.1) is 22.1 Å². The van der Waals surface area contributed by atoms with Gasteiger partial charge >= 0.3 is 0 Å². The highest BCUT2D eigenvalue weighted by molar-refractivity contribution is 7.71. The van der Waals surface area contributed by atoms with E-state index in [4.69, 9.17) is 23.8 Å². The second kappa shape index (κ2) is 5.04. The molecule has 1 heterocycles. The van der Waals surface area contributed by atoms with Gasteiger partial charge in [-0.1, -0.05) is 29.8 Å². The number of H-pyrrole nitrogens is 1. The largest absolute Gasteiger partial charge is 0.331 e. The molecule has 0 fully saturated rings. The second-order valence-corrected chi connectivity index (χ2v) is 5.46. The highest BCUT2D eigenvalue weighted by Crippen LogP contribution is 2.29. The van der Waals surface area contributed by atoms with Gasteiger partial charge in [-0.3, -0.25) is 0 Å². The number of benzene rings is 2. The summed E-state index contributed by atoms with van der Waals surface area (Å²) in [4.78, 5) is 3.13. The first-order valence-electron chi connectivity index (χ1n) is 6.22. The van der Waals surface area contributed by atoms with Crippen LogP contribution >= 0.6 is 23.8 Å². The molecule has 2 nitrogen and oxygen atoms in total. The quantitative estimate of drug-likeness (QED) is 0.653. The van der Waals surface area contributed by atoms with Gasteiger partial charge in [-0.2, -0.15) is 0 Å². The van der Waals surface area contributed by atoms with Crippen LogP contribution < -0.4 is 0 Å². The third-order valence-corrected chi connectivity index (χ3v) is 4.01. The number of hydrogen-bond acceptors (Lipinski definition) is 1. The van der Waals surface area contributed by atoms with Gasteiger partial charge in [0, 0.05) is 0 Å². The number of fused-ring (bicyclic) bond motifs is 1. The number of nitrogens with zero attached hydrogens (tertiary/aromatic N) is 1. The summed E-state index contributed by atoms with van der Waals surface area (Å²) in [6, 6.07) is 12.0. The lowest BCUT2D eigenvalue weighted by Gasteiger charge is -2.15. The van der Waals surface area contributed by atoms with Gasteiger partial charge in [0.25, 0.3) is 0 Å². The fourth-order valence-corrected chi connectivity index (χ4v) is 3.05. The van der Waals surface area contributed by atoms with E-state index in [0.29, 0.717) is 9.79 Å². The number of aromatic amines is 1. The molecule has 0 aliphatic heterocycles. The first kappa shape index (κ1) is 13.3. The van der Waals surface area contributed by atoms with Crippen molar-refractivity contribution in [3.05, 3.63) is 63.6 Å². The summed E-state index contributed by atoms with van der Waals surface area (Å²) in [5.74, 6) is -0.258. The fourth-order valence-electron chi connectivity index (χ4n) is 2.42. The number of rotatable bonds is 2. The van der Waals surface area contributed by atoms with Crippen molar-refractivity contribution in [2.45, 2.75) is 13.0 Å². The van der Waals surface area contributed by atoms with Crippen molar-refractivity contribution in [2.75, 3.05) is 0 Å². The van der Waals surface area contributed by atoms with Crippen LogP contribution in [0.25, 0.3) is 11.0 Å². The molecule has 3 aromatic rings. The van der Waals surface area contributed by atoms with Crippen molar-refractivity contribution >= 4 is 34.9 Å². The fraction of sp³-hybridized carbons (Fsp3) is 0.133. The van der Waals surface area contributed by atoms with Crippen LogP contribution in [-0.4, -0.2) is 9.55 Å². The summed E-state index contributed by atoms with van der Waals surface area (Å²) in [5.41, 5.74) is 2.57. The van der Waals surface area contributed by atoms with Crippen LogP contribution in [0.5, 0.6) is 0 Å². The summed E-state index contributed by atoms with van der Waals surface area (Å²) >= 11 is 11.7. The topological polar surface area (TPSA) is 20.7 Å². The van der Waals surface area contributed by atoms with Crippen molar-refractivity contribution in [1.29, 1.82) is 0 Å². The Kier molecular flexibility index (Phi) is 3.36. The van der Waals surface area contributed by atoms with E-state index in [-0.39, 0.29) is 11.9 Å². The van der Waals surface area contributed by atoms with Crippen LogP contribution in [-0.2, 0) is 0 Å². The van der Waals surface area contributed by atoms with E-state index in [0.717, 1.165) is 16.6 Å². The third kappa shape index (κ3) is 2.15. The van der Waals surface area contributed by atoms with Crippen LogP contribution in [0.1, 0.15) is 18.5 Å². The summed E-state index contributed by atoms with van der Waals surface area (Å²) in [6.07, 6.45) is 0. The lowest BCUT2D eigenvalue weighted by molar-refractivity contribution is 0.608. The molecule has 0 saturated heterocycles. The molecule has 2 aromatic carbocycles. The number of hydrogen-bond donors (Lipinski definition) is 1. The van der Waals surface area contributed by atoms with E-state index in [1.807, 2.05) is 35.8 Å². The Balaban J connectivity index is 2.24. The molecule has 5 heteroatoms. The van der Waals surface area contributed by atoms with Crippen molar-refractivity contribution < 1.29 is 4.39 Å². The average Bonchev–Trinajstić information content (AvgIpc) is 2.75. The molecule has 20 heavy (non-hydrogen) atoms. The lowest BCUT2D eigenvalue weighted by Crippen LogP contribution is -2.07. The molecule has 1 atom stereocenters. The molecular formula is C15H12ClFN2S. The Bertz CT molecular complexity index is 837.